The van der Waals surface area contributed by atoms with Crippen LogP contribution in [0.15, 0.2) is 17.6 Å². The Bertz CT molecular complexity index is 497. The molecule has 0 aromatic carbocycles. The summed E-state index contributed by atoms with van der Waals surface area (Å²) >= 11 is 0. The number of hydrogen-bond donors (Lipinski definition) is 2. The molecule has 0 bridgehead atoms. The molecule has 1 aromatic rings. The smallest absolute Gasteiger partial charge is 0.192 e. The van der Waals surface area contributed by atoms with Gasteiger partial charge in [0.2, 0.25) is 0 Å². The summed E-state index contributed by atoms with van der Waals surface area (Å²) in [6, 6.07) is 0.393. The summed E-state index contributed by atoms with van der Waals surface area (Å²) in [5, 5.41) is 14.9. The zero-order valence-electron chi connectivity index (χ0n) is 15.5. The number of aromatic nitrogens is 3. The van der Waals surface area contributed by atoms with Crippen LogP contribution in [-0.4, -0.2) is 33.3 Å². The number of guanidine groups is 1. The maximum atomic E-state index is 4.61. The van der Waals surface area contributed by atoms with Crippen molar-refractivity contribution in [2.45, 2.75) is 65.5 Å². The van der Waals surface area contributed by atoms with Crippen molar-refractivity contribution in [1.82, 2.24) is 25.4 Å². The minimum Gasteiger partial charge on any atom is -0.354 e. The Morgan fingerprint density at radius 3 is 2.67 bits per heavy atom. The van der Waals surface area contributed by atoms with E-state index in [2.05, 4.69) is 46.2 Å². The molecule has 0 saturated heterocycles. The fourth-order valence-corrected chi connectivity index (χ4v) is 2.24. The highest BCUT2D eigenvalue weighted by Gasteiger charge is 2.07. The SMILES string of the molecule is C=CCNC(=NCc1nnc(C)n1C)NC(C)CCCCCC.I. The molecule has 7 heteroatoms. The zero-order chi connectivity index (χ0) is 17.1. The lowest BCUT2D eigenvalue weighted by molar-refractivity contribution is 0.537. The van der Waals surface area contributed by atoms with Crippen LogP contribution in [0.25, 0.3) is 0 Å². The topological polar surface area (TPSA) is 67.1 Å². The molecule has 0 fully saturated rings. The van der Waals surface area contributed by atoms with Crippen LogP contribution in [0.2, 0.25) is 0 Å². The molecular weight excluding hydrogens is 415 g/mol. The Labute approximate surface area is 163 Å². The van der Waals surface area contributed by atoms with Gasteiger partial charge < -0.3 is 15.2 Å². The van der Waals surface area contributed by atoms with E-state index in [1.807, 2.05) is 24.6 Å². The van der Waals surface area contributed by atoms with E-state index in [0.717, 1.165) is 24.0 Å². The lowest BCUT2D eigenvalue weighted by Crippen LogP contribution is -2.42. The van der Waals surface area contributed by atoms with E-state index in [4.69, 9.17) is 0 Å². The molecule has 1 heterocycles. The van der Waals surface area contributed by atoms with E-state index < -0.39 is 0 Å². The van der Waals surface area contributed by atoms with Crippen LogP contribution in [0, 0.1) is 6.92 Å². The highest BCUT2D eigenvalue weighted by molar-refractivity contribution is 14.0. The second kappa shape index (κ2) is 13.2. The first-order valence-electron chi connectivity index (χ1n) is 8.59. The van der Waals surface area contributed by atoms with Gasteiger partial charge in [-0.3, -0.25) is 0 Å². The summed E-state index contributed by atoms with van der Waals surface area (Å²) in [5.41, 5.74) is 0. The van der Waals surface area contributed by atoms with Crippen molar-refractivity contribution < 1.29 is 0 Å². The number of nitrogens with one attached hydrogen (secondary N) is 2. The third-order valence-corrected chi connectivity index (χ3v) is 3.85. The maximum absolute atomic E-state index is 4.61. The second-order valence-electron chi connectivity index (χ2n) is 5.95. The monoisotopic (exact) mass is 448 g/mol. The van der Waals surface area contributed by atoms with Gasteiger partial charge in [0.1, 0.15) is 12.4 Å². The van der Waals surface area contributed by atoms with Crippen molar-refractivity contribution in [3.05, 3.63) is 24.3 Å². The van der Waals surface area contributed by atoms with Crippen molar-refractivity contribution in [2.24, 2.45) is 12.0 Å². The molecule has 1 atom stereocenters. The highest BCUT2D eigenvalue weighted by Crippen LogP contribution is 2.05. The van der Waals surface area contributed by atoms with Crippen molar-refractivity contribution in [2.75, 3.05) is 6.54 Å². The Morgan fingerprint density at radius 2 is 2.08 bits per heavy atom. The van der Waals surface area contributed by atoms with Crippen molar-refractivity contribution >= 4 is 29.9 Å². The van der Waals surface area contributed by atoms with Gasteiger partial charge in [0.15, 0.2) is 11.8 Å². The van der Waals surface area contributed by atoms with E-state index >= 15 is 0 Å². The van der Waals surface area contributed by atoms with E-state index in [-0.39, 0.29) is 24.0 Å². The zero-order valence-corrected chi connectivity index (χ0v) is 17.8. The number of aryl methyl sites for hydroxylation is 1. The molecule has 1 aromatic heterocycles. The summed E-state index contributed by atoms with van der Waals surface area (Å²) in [5.74, 6) is 2.55. The van der Waals surface area contributed by atoms with Crippen molar-refractivity contribution in [1.29, 1.82) is 0 Å². The average molecular weight is 448 g/mol. The molecular formula is C17H33IN6. The molecule has 1 rings (SSSR count). The molecule has 138 valence electrons. The molecule has 2 N–H and O–H groups in total. The normalized spacial score (nSPS) is 12.4. The van der Waals surface area contributed by atoms with Gasteiger partial charge in [-0.15, -0.1) is 40.8 Å². The quantitative estimate of drug-likeness (QED) is 0.190. The number of nitrogens with zero attached hydrogens (tertiary/aromatic N) is 4. The molecule has 0 aliphatic heterocycles. The van der Waals surface area contributed by atoms with Gasteiger partial charge in [0.05, 0.1) is 0 Å². The standard InChI is InChI=1S/C17H32N6.HI/c1-6-8-9-10-11-14(3)20-17(18-12-7-2)19-13-16-22-21-15(4)23(16)5;/h7,14H,2,6,8-13H2,1,3-5H3,(H2,18,19,20);1H. The van der Waals surface area contributed by atoms with Gasteiger partial charge in [0, 0.05) is 19.6 Å². The third-order valence-electron chi connectivity index (χ3n) is 3.85. The maximum Gasteiger partial charge on any atom is 0.192 e. The number of rotatable bonds is 10. The Balaban J connectivity index is 0.00000529. The van der Waals surface area contributed by atoms with Crippen LogP contribution in [0.5, 0.6) is 0 Å². The summed E-state index contributed by atoms with van der Waals surface area (Å²) in [7, 11) is 1.96. The van der Waals surface area contributed by atoms with E-state index in [0.29, 0.717) is 19.1 Å². The van der Waals surface area contributed by atoms with Crippen LogP contribution in [0.3, 0.4) is 0 Å². The molecule has 6 nitrogen and oxygen atoms in total. The number of hydrogen-bond acceptors (Lipinski definition) is 3. The van der Waals surface area contributed by atoms with Gasteiger partial charge in [-0.1, -0.05) is 38.7 Å². The first-order valence-corrected chi connectivity index (χ1v) is 8.59. The summed E-state index contributed by atoms with van der Waals surface area (Å²) < 4.78 is 1.96. The van der Waals surface area contributed by atoms with Gasteiger partial charge in [0.25, 0.3) is 0 Å². The molecule has 0 aliphatic carbocycles. The van der Waals surface area contributed by atoms with Gasteiger partial charge in [-0.05, 0) is 20.3 Å². The largest absolute Gasteiger partial charge is 0.354 e. The third kappa shape index (κ3) is 8.65. The molecule has 0 amide bonds. The summed E-state index contributed by atoms with van der Waals surface area (Å²) in [4.78, 5) is 4.61. The molecule has 0 aliphatic rings. The molecule has 0 saturated carbocycles. The fraction of sp³-hybridized carbons (Fsp3) is 0.706. The minimum atomic E-state index is 0. The lowest BCUT2D eigenvalue weighted by atomic mass is 10.1. The first kappa shape index (κ1) is 22.9. The summed E-state index contributed by atoms with van der Waals surface area (Å²) in [6.45, 7) is 11.3. The molecule has 24 heavy (non-hydrogen) atoms. The predicted molar refractivity (Wildman–Crippen MR) is 112 cm³/mol. The Kier molecular flexibility index (Phi) is 12.6. The van der Waals surface area contributed by atoms with Crippen molar-refractivity contribution in [3.8, 4) is 0 Å². The van der Waals surface area contributed by atoms with E-state index in [9.17, 15) is 0 Å². The van der Waals surface area contributed by atoms with Crippen LogP contribution in [0.1, 0.15) is 57.6 Å². The van der Waals surface area contributed by atoms with E-state index in [1.165, 1.54) is 25.7 Å². The minimum absolute atomic E-state index is 0. The first-order chi connectivity index (χ1) is 11.1. The number of unbranched alkanes of at least 4 members (excludes halogenated alkanes) is 3. The average Bonchev–Trinajstić information content (AvgIpc) is 2.86. The fourth-order valence-electron chi connectivity index (χ4n) is 2.24. The van der Waals surface area contributed by atoms with Crippen LogP contribution in [-0.2, 0) is 13.6 Å². The molecule has 0 radical (unpaired) electrons. The summed E-state index contributed by atoms with van der Waals surface area (Å²) in [6.07, 6.45) is 8.11. The predicted octanol–water partition coefficient (Wildman–Crippen LogP) is 3.32. The lowest BCUT2D eigenvalue weighted by Gasteiger charge is -2.17. The number of halogens is 1. The molecule has 0 spiro atoms. The van der Waals surface area contributed by atoms with Crippen LogP contribution < -0.4 is 10.6 Å². The molecule has 1 unspecified atom stereocenters. The highest BCUT2D eigenvalue weighted by atomic mass is 127. The second-order valence-corrected chi connectivity index (χ2v) is 5.95. The number of aliphatic imine (C=N–C) groups is 1. The van der Waals surface area contributed by atoms with Crippen LogP contribution in [0.4, 0.5) is 0 Å². The Morgan fingerprint density at radius 1 is 1.33 bits per heavy atom. The van der Waals surface area contributed by atoms with Crippen molar-refractivity contribution in [3.63, 3.8) is 0 Å². The Hall–Kier alpha value is -1.12. The van der Waals surface area contributed by atoms with Gasteiger partial charge in [-0.2, -0.15) is 0 Å². The van der Waals surface area contributed by atoms with E-state index in [1.54, 1.807) is 0 Å². The van der Waals surface area contributed by atoms with Gasteiger partial charge >= 0.3 is 0 Å². The van der Waals surface area contributed by atoms with Crippen LogP contribution >= 0.6 is 24.0 Å². The van der Waals surface area contributed by atoms with Gasteiger partial charge in [-0.25, -0.2) is 4.99 Å².